The molecule has 1 amide bonds. The van der Waals surface area contributed by atoms with Gasteiger partial charge in [0.2, 0.25) is 0 Å². The summed E-state index contributed by atoms with van der Waals surface area (Å²) in [5.74, 6) is -0.185. The number of rotatable bonds is 14. The lowest BCUT2D eigenvalue weighted by molar-refractivity contribution is -0.140. The van der Waals surface area contributed by atoms with E-state index in [-0.39, 0.29) is 11.3 Å². The maximum atomic E-state index is 13.2. The molecule has 1 fully saturated rings. The number of nitrogens with zero attached hydrogens (tertiary/aromatic N) is 1. The summed E-state index contributed by atoms with van der Waals surface area (Å²) in [4.78, 5) is 27.8. The Morgan fingerprint density at radius 1 is 0.889 bits per heavy atom. The minimum atomic E-state index is -0.725. The van der Waals surface area contributed by atoms with Crippen LogP contribution in [0.1, 0.15) is 63.1 Å². The van der Waals surface area contributed by atoms with Crippen molar-refractivity contribution >= 4 is 17.4 Å². The summed E-state index contributed by atoms with van der Waals surface area (Å²) in [5.41, 5.74) is 1.23. The lowest BCUT2D eigenvalue weighted by Crippen LogP contribution is -2.31. The van der Waals surface area contributed by atoms with Gasteiger partial charge in [-0.2, -0.15) is 0 Å². The first-order valence-corrected chi connectivity index (χ1v) is 12.7. The fraction of sp³-hybridized carbons (Fsp3) is 0.448. The van der Waals surface area contributed by atoms with Crippen molar-refractivity contribution < 1.29 is 28.9 Å². The number of aliphatic hydroxyl groups is 1. The lowest BCUT2D eigenvalue weighted by Gasteiger charge is -2.25. The Morgan fingerprint density at radius 3 is 2.33 bits per heavy atom. The Bertz CT molecular complexity index is 1050. The average molecular weight is 496 g/mol. The van der Waals surface area contributed by atoms with Crippen molar-refractivity contribution in [2.24, 2.45) is 0 Å². The predicted molar refractivity (Wildman–Crippen MR) is 139 cm³/mol. The molecule has 0 bridgehead atoms. The minimum Gasteiger partial charge on any atom is -0.507 e. The van der Waals surface area contributed by atoms with E-state index in [1.165, 1.54) is 4.90 Å². The van der Waals surface area contributed by atoms with Gasteiger partial charge in [-0.15, -0.1) is 0 Å². The van der Waals surface area contributed by atoms with E-state index in [0.29, 0.717) is 55.4 Å². The Hall–Kier alpha value is -3.32. The van der Waals surface area contributed by atoms with Gasteiger partial charge in [0.15, 0.2) is 0 Å². The Balaban J connectivity index is 1.98. The van der Waals surface area contributed by atoms with Gasteiger partial charge in [-0.25, -0.2) is 0 Å². The molecule has 1 atom stereocenters. The molecule has 194 valence electrons. The van der Waals surface area contributed by atoms with Gasteiger partial charge < -0.3 is 24.2 Å². The molecular weight excluding hydrogens is 458 g/mol. The zero-order chi connectivity index (χ0) is 25.9. The van der Waals surface area contributed by atoms with Gasteiger partial charge in [-0.3, -0.25) is 9.59 Å². The first-order valence-electron chi connectivity index (χ1n) is 12.7. The van der Waals surface area contributed by atoms with E-state index in [1.54, 1.807) is 31.4 Å². The SMILES string of the molecule is CCCCCOc1cccc(C2C(=C(O)c3ccc(OCCC)cc3)C(=O)C(=O)N2CCCOC)c1. The Morgan fingerprint density at radius 2 is 1.64 bits per heavy atom. The summed E-state index contributed by atoms with van der Waals surface area (Å²) in [6.07, 6.45) is 4.59. The number of aliphatic hydroxyl groups excluding tert-OH is 1. The number of carbonyl (C=O) groups excluding carboxylic acids is 2. The summed E-state index contributed by atoms with van der Waals surface area (Å²) in [5, 5.41) is 11.2. The van der Waals surface area contributed by atoms with E-state index >= 15 is 0 Å². The number of benzene rings is 2. The number of amides is 1. The number of hydrogen-bond donors (Lipinski definition) is 1. The zero-order valence-electron chi connectivity index (χ0n) is 21.5. The van der Waals surface area contributed by atoms with Crippen LogP contribution in [-0.2, 0) is 14.3 Å². The molecule has 1 unspecified atom stereocenters. The summed E-state index contributed by atoms with van der Waals surface area (Å²) in [6.45, 7) is 6.13. The third kappa shape index (κ3) is 6.66. The zero-order valence-corrected chi connectivity index (χ0v) is 21.5. The fourth-order valence-electron chi connectivity index (χ4n) is 4.24. The number of likely N-dealkylation sites (tertiary alicyclic amines) is 1. The van der Waals surface area contributed by atoms with Crippen molar-refractivity contribution in [1.82, 2.24) is 4.90 Å². The van der Waals surface area contributed by atoms with Crippen molar-refractivity contribution in [3.63, 3.8) is 0 Å². The molecular formula is C29H37NO6. The number of ketones is 1. The highest BCUT2D eigenvalue weighted by atomic mass is 16.5. The van der Waals surface area contributed by atoms with Gasteiger partial charge >= 0.3 is 0 Å². The maximum Gasteiger partial charge on any atom is 0.295 e. The van der Waals surface area contributed by atoms with Crippen LogP contribution in [0.25, 0.3) is 5.76 Å². The average Bonchev–Trinajstić information content (AvgIpc) is 3.15. The number of ether oxygens (including phenoxy) is 3. The molecule has 2 aromatic rings. The standard InChI is InChI=1S/C29H37NO6/c1-4-6-7-19-36-24-11-8-10-22(20-24)26-25(28(32)29(33)30(26)16-9-18-34-3)27(31)21-12-14-23(15-13-21)35-17-5-2/h8,10-15,20,26,31H,4-7,9,16-19H2,1-3H3. The number of unbranched alkanes of at least 4 members (excludes halogenated alkanes) is 2. The third-order valence-electron chi connectivity index (χ3n) is 6.08. The Labute approximate surface area is 213 Å². The van der Waals surface area contributed by atoms with E-state index < -0.39 is 17.7 Å². The van der Waals surface area contributed by atoms with E-state index in [9.17, 15) is 14.7 Å². The third-order valence-corrected chi connectivity index (χ3v) is 6.08. The van der Waals surface area contributed by atoms with Crippen LogP contribution in [0.2, 0.25) is 0 Å². The van der Waals surface area contributed by atoms with Gasteiger partial charge in [-0.1, -0.05) is 38.8 Å². The van der Waals surface area contributed by atoms with Gasteiger partial charge in [0.1, 0.15) is 17.3 Å². The molecule has 2 aromatic carbocycles. The molecule has 0 aliphatic carbocycles. The highest BCUT2D eigenvalue weighted by Gasteiger charge is 2.45. The van der Waals surface area contributed by atoms with Crippen molar-refractivity contribution in [3.8, 4) is 11.5 Å². The van der Waals surface area contributed by atoms with Gasteiger partial charge in [0.25, 0.3) is 11.7 Å². The second-order valence-corrected chi connectivity index (χ2v) is 8.84. The van der Waals surface area contributed by atoms with Crippen LogP contribution in [0.3, 0.4) is 0 Å². The number of Topliss-reactive ketones (excluding diaryl/α,β-unsaturated/α-hetero) is 1. The quantitative estimate of drug-likeness (QED) is 0.161. The van der Waals surface area contributed by atoms with E-state index in [1.807, 2.05) is 31.2 Å². The highest BCUT2D eigenvalue weighted by molar-refractivity contribution is 6.46. The van der Waals surface area contributed by atoms with Gasteiger partial charge in [-0.05, 0) is 61.2 Å². The van der Waals surface area contributed by atoms with Crippen LogP contribution in [0.15, 0.2) is 54.1 Å². The smallest absolute Gasteiger partial charge is 0.295 e. The summed E-state index contributed by atoms with van der Waals surface area (Å²) in [6, 6.07) is 13.6. The molecule has 7 nitrogen and oxygen atoms in total. The molecule has 0 radical (unpaired) electrons. The van der Waals surface area contributed by atoms with Gasteiger partial charge in [0.05, 0.1) is 24.8 Å². The molecule has 1 heterocycles. The van der Waals surface area contributed by atoms with Crippen LogP contribution in [0, 0.1) is 0 Å². The Kier molecular flexibility index (Phi) is 10.4. The molecule has 1 N–H and O–H groups in total. The molecule has 1 aliphatic rings. The molecule has 0 saturated carbocycles. The second-order valence-electron chi connectivity index (χ2n) is 8.84. The number of methoxy groups -OCH3 is 1. The molecule has 7 heteroatoms. The predicted octanol–water partition coefficient (Wildman–Crippen LogP) is 5.50. The maximum absolute atomic E-state index is 13.2. The van der Waals surface area contributed by atoms with Crippen LogP contribution in [0.5, 0.6) is 11.5 Å². The van der Waals surface area contributed by atoms with Crippen LogP contribution in [0.4, 0.5) is 0 Å². The summed E-state index contributed by atoms with van der Waals surface area (Å²) >= 11 is 0. The first-order chi connectivity index (χ1) is 17.5. The highest BCUT2D eigenvalue weighted by Crippen LogP contribution is 2.40. The number of hydrogen-bond acceptors (Lipinski definition) is 6. The molecule has 0 aromatic heterocycles. The van der Waals surface area contributed by atoms with E-state index in [0.717, 1.165) is 25.7 Å². The minimum absolute atomic E-state index is 0.0720. The van der Waals surface area contributed by atoms with E-state index in [4.69, 9.17) is 14.2 Å². The number of carbonyl (C=O) groups is 2. The second kappa shape index (κ2) is 13.7. The summed E-state index contributed by atoms with van der Waals surface area (Å²) in [7, 11) is 1.60. The fourth-order valence-corrected chi connectivity index (χ4v) is 4.24. The van der Waals surface area contributed by atoms with Crippen molar-refractivity contribution in [2.75, 3.05) is 33.5 Å². The van der Waals surface area contributed by atoms with Crippen LogP contribution >= 0.6 is 0 Å². The largest absolute Gasteiger partial charge is 0.507 e. The van der Waals surface area contributed by atoms with Gasteiger partial charge in [0, 0.05) is 25.8 Å². The monoisotopic (exact) mass is 495 g/mol. The van der Waals surface area contributed by atoms with Crippen LogP contribution in [-0.4, -0.2) is 55.2 Å². The molecule has 36 heavy (non-hydrogen) atoms. The topological polar surface area (TPSA) is 85.3 Å². The first kappa shape index (κ1) is 27.3. The van der Waals surface area contributed by atoms with Crippen molar-refractivity contribution in [2.45, 2.75) is 52.0 Å². The lowest BCUT2D eigenvalue weighted by atomic mass is 9.95. The van der Waals surface area contributed by atoms with Crippen molar-refractivity contribution in [1.29, 1.82) is 0 Å². The van der Waals surface area contributed by atoms with E-state index in [2.05, 4.69) is 6.92 Å². The molecule has 1 saturated heterocycles. The van der Waals surface area contributed by atoms with Crippen LogP contribution < -0.4 is 9.47 Å². The molecule has 0 spiro atoms. The summed E-state index contributed by atoms with van der Waals surface area (Å²) < 4.78 is 16.7. The molecule has 1 aliphatic heterocycles. The molecule has 3 rings (SSSR count). The van der Waals surface area contributed by atoms with Crippen molar-refractivity contribution in [3.05, 3.63) is 65.2 Å². The normalized spacial score (nSPS) is 17.0.